The highest BCUT2D eigenvalue weighted by Crippen LogP contribution is 2.20. The van der Waals surface area contributed by atoms with Crippen molar-refractivity contribution in [1.29, 1.82) is 0 Å². The molecule has 0 fully saturated rings. The standard InChI is InChI=1S/C12H14BrFN2O2/c1-3-15-11(17)7(2)16-12(18)8-5-4-6-9(14)10(8)13/h4-7H,3H2,1-2H3,(H,15,17)(H,16,18). The third-order valence-electron chi connectivity index (χ3n) is 2.29. The maximum absolute atomic E-state index is 13.3. The number of rotatable bonds is 4. The normalized spacial score (nSPS) is 11.8. The molecule has 0 spiro atoms. The first-order chi connectivity index (χ1) is 8.47. The van der Waals surface area contributed by atoms with Crippen molar-refractivity contribution in [3.63, 3.8) is 0 Å². The monoisotopic (exact) mass is 316 g/mol. The van der Waals surface area contributed by atoms with E-state index in [0.717, 1.165) is 0 Å². The molecule has 0 aromatic heterocycles. The van der Waals surface area contributed by atoms with Crippen LogP contribution in [0.2, 0.25) is 0 Å². The summed E-state index contributed by atoms with van der Waals surface area (Å²) in [6.07, 6.45) is 0. The van der Waals surface area contributed by atoms with Gasteiger partial charge in [0.05, 0.1) is 10.0 Å². The Morgan fingerprint density at radius 3 is 2.72 bits per heavy atom. The average Bonchev–Trinajstić information content (AvgIpc) is 2.32. The second-order valence-corrected chi connectivity index (χ2v) is 4.48. The Hall–Kier alpha value is -1.43. The number of nitrogens with one attached hydrogen (secondary N) is 2. The number of halogens is 2. The quantitative estimate of drug-likeness (QED) is 0.890. The van der Waals surface area contributed by atoms with Crippen LogP contribution in [0.25, 0.3) is 0 Å². The summed E-state index contributed by atoms with van der Waals surface area (Å²) in [5, 5.41) is 5.09. The Labute approximate surface area is 113 Å². The highest BCUT2D eigenvalue weighted by Gasteiger charge is 2.18. The summed E-state index contributed by atoms with van der Waals surface area (Å²) < 4.78 is 13.3. The topological polar surface area (TPSA) is 58.2 Å². The van der Waals surface area contributed by atoms with Crippen LogP contribution in [0.4, 0.5) is 4.39 Å². The van der Waals surface area contributed by atoms with E-state index < -0.39 is 17.8 Å². The minimum atomic E-state index is -0.674. The number of hydrogen-bond acceptors (Lipinski definition) is 2. The van der Waals surface area contributed by atoms with Crippen molar-refractivity contribution < 1.29 is 14.0 Å². The number of carbonyl (C=O) groups excluding carboxylic acids is 2. The van der Waals surface area contributed by atoms with Gasteiger partial charge in [-0.1, -0.05) is 6.07 Å². The minimum Gasteiger partial charge on any atom is -0.355 e. The molecule has 2 amide bonds. The van der Waals surface area contributed by atoms with E-state index in [4.69, 9.17) is 0 Å². The fourth-order valence-electron chi connectivity index (χ4n) is 1.35. The van der Waals surface area contributed by atoms with Gasteiger partial charge in [0.15, 0.2) is 0 Å². The van der Waals surface area contributed by atoms with Crippen LogP contribution in [-0.2, 0) is 4.79 Å². The highest BCUT2D eigenvalue weighted by molar-refractivity contribution is 9.10. The predicted molar refractivity (Wildman–Crippen MR) is 69.7 cm³/mol. The predicted octanol–water partition coefficient (Wildman–Crippen LogP) is 1.84. The molecule has 1 unspecified atom stereocenters. The van der Waals surface area contributed by atoms with Crippen LogP contribution in [0.15, 0.2) is 22.7 Å². The lowest BCUT2D eigenvalue weighted by Crippen LogP contribution is -2.44. The van der Waals surface area contributed by atoms with Crippen LogP contribution in [-0.4, -0.2) is 24.4 Å². The molecule has 0 saturated carbocycles. The molecule has 0 radical (unpaired) electrons. The molecule has 1 atom stereocenters. The number of likely N-dealkylation sites (N-methyl/N-ethyl adjacent to an activating group) is 1. The summed E-state index contributed by atoms with van der Waals surface area (Å²) in [5.74, 6) is -1.30. The van der Waals surface area contributed by atoms with Gasteiger partial charge in [0.25, 0.3) is 5.91 Å². The van der Waals surface area contributed by atoms with E-state index in [2.05, 4.69) is 26.6 Å². The maximum atomic E-state index is 13.3. The summed E-state index contributed by atoms with van der Waals surface area (Å²) in [6, 6.07) is 3.49. The van der Waals surface area contributed by atoms with Gasteiger partial charge in [-0.05, 0) is 41.9 Å². The number of carbonyl (C=O) groups is 2. The van der Waals surface area contributed by atoms with Crippen LogP contribution in [0, 0.1) is 5.82 Å². The molecule has 2 N–H and O–H groups in total. The lowest BCUT2D eigenvalue weighted by Gasteiger charge is -2.14. The van der Waals surface area contributed by atoms with E-state index in [9.17, 15) is 14.0 Å². The number of amides is 2. The van der Waals surface area contributed by atoms with Crippen molar-refractivity contribution in [2.24, 2.45) is 0 Å². The van der Waals surface area contributed by atoms with Crippen molar-refractivity contribution in [2.75, 3.05) is 6.54 Å². The van der Waals surface area contributed by atoms with Gasteiger partial charge in [-0.15, -0.1) is 0 Å². The average molecular weight is 317 g/mol. The lowest BCUT2D eigenvalue weighted by atomic mass is 10.2. The van der Waals surface area contributed by atoms with Gasteiger partial charge in [0, 0.05) is 6.54 Å². The minimum absolute atomic E-state index is 0.0885. The Bertz CT molecular complexity index is 465. The van der Waals surface area contributed by atoms with Crippen molar-refractivity contribution in [3.8, 4) is 0 Å². The molecular weight excluding hydrogens is 303 g/mol. The van der Waals surface area contributed by atoms with Gasteiger partial charge in [-0.25, -0.2) is 4.39 Å². The second kappa shape index (κ2) is 6.49. The maximum Gasteiger partial charge on any atom is 0.253 e. The van der Waals surface area contributed by atoms with Gasteiger partial charge in [-0.2, -0.15) is 0 Å². The van der Waals surface area contributed by atoms with E-state index in [0.29, 0.717) is 6.54 Å². The first kappa shape index (κ1) is 14.6. The van der Waals surface area contributed by atoms with Gasteiger partial charge >= 0.3 is 0 Å². The molecular formula is C12H14BrFN2O2. The molecule has 6 heteroatoms. The zero-order chi connectivity index (χ0) is 13.7. The molecule has 1 aromatic carbocycles. The fraction of sp³-hybridized carbons (Fsp3) is 0.333. The Balaban J connectivity index is 2.77. The van der Waals surface area contributed by atoms with Crippen LogP contribution in [0.3, 0.4) is 0 Å². The first-order valence-electron chi connectivity index (χ1n) is 5.50. The molecule has 0 heterocycles. The Kier molecular flexibility index (Phi) is 5.27. The summed E-state index contributed by atoms with van der Waals surface area (Å²) in [7, 11) is 0. The van der Waals surface area contributed by atoms with E-state index >= 15 is 0 Å². The molecule has 4 nitrogen and oxygen atoms in total. The van der Waals surface area contributed by atoms with Gasteiger partial charge in [-0.3, -0.25) is 9.59 Å². The summed E-state index contributed by atoms with van der Waals surface area (Å²) in [6.45, 7) is 3.84. The third kappa shape index (κ3) is 3.53. The molecule has 0 bridgehead atoms. The lowest BCUT2D eigenvalue weighted by molar-refractivity contribution is -0.122. The molecule has 0 aliphatic heterocycles. The van der Waals surface area contributed by atoms with Crippen LogP contribution >= 0.6 is 15.9 Å². The highest BCUT2D eigenvalue weighted by atomic mass is 79.9. The molecule has 0 aliphatic rings. The largest absolute Gasteiger partial charge is 0.355 e. The third-order valence-corrected chi connectivity index (χ3v) is 3.09. The van der Waals surface area contributed by atoms with Crippen LogP contribution in [0.1, 0.15) is 24.2 Å². The number of hydrogen-bond donors (Lipinski definition) is 2. The van der Waals surface area contributed by atoms with Crippen molar-refractivity contribution >= 4 is 27.7 Å². The van der Waals surface area contributed by atoms with E-state index in [1.807, 2.05) is 0 Å². The van der Waals surface area contributed by atoms with Crippen molar-refractivity contribution in [2.45, 2.75) is 19.9 Å². The van der Waals surface area contributed by atoms with E-state index in [-0.39, 0.29) is 15.9 Å². The molecule has 1 rings (SSSR count). The SMILES string of the molecule is CCNC(=O)C(C)NC(=O)c1cccc(F)c1Br. The zero-order valence-electron chi connectivity index (χ0n) is 10.1. The number of benzene rings is 1. The van der Waals surface area contributed by atoms with Crippen LogP contribution in [0.5, 0.6) is 0 Å². The Morgan fingerprint density at radius 1 is 1.44 bits per heavy atom. The summed E-state index contributed by atoms with van der Waals surface area (Å²) in [4.78, 5) is 23.3. The first-order valence-corrected chi connectivity index (χ1v) is 6.29. The summed E-state index contributed by atoms with van der Waals surface area (Å²) in [5.41, 5.74) is 0.158. The zero-order valence-corrected chi connectivity index (χ0v) is 11.7. The van der Waals surface area contributed by atoms with Crippen LogP contribution < -0.4 is 10.6 Å². The fourth-order valence-corrected chi connectivity index (χ4v) is 1.79. The van der Waals surface area contributed by atoms with Gasteiger partial charge in [0.2, 0.25) is 5.91 Å². The van der Waals surface area contributed by atoms with Gasteiger partial charge in [0.1, 0.15) is 11.9 Å². The van der Waals surface area contributed by atoms with E-state index in [1.165, 1.54) is 18.2 Å². The van der Waals surface area contributed by atoms with E-state index in [1.54, 1.807) is 13.8 Å². The smallest absolute Gasteiger partial charge is 0.253 e. The molecule has 18 heavy (non-hydrogen) atoms. The second-order valence-electron chi connectivity index (χ2n) is 3.69. The summed E-state index contributed by atoms with van der Waals surface area (Å²) >= 11 is 3.00. The van der Waals surface area contributed by atoms with Crippen molar-refractivity contribution in [1.82, 2.24) is 10.6 Å². The molecule has 0 saturated heterocycles. The van der Waals surface area contributed by atoms with Gasteiger partial charge < -0.3 is 10.6 Å². The molecule has 0 aliphatic carbocycles. The molecule has 1 aromatic rings. The Morgan fingerprint density at radius 2 is 2.11 bits per heavy atom. The molecule has 98 valence electrons. The van der Waals surface area contributed by atoms with Crippen molar-refractivity contribution in [3.05, 3.63) is 34.1 Å².